The van der Waals surface area contributed by atoms with Crippen molar-refractivity contribution in [3.05, 3.63) is 0 Å². The summed E-state index contributed by atoms with van der Waals surface area (Å²) >= 11 is 0. The molecular weight excluding hydrogens is 479 g/mol. The molecule has 2 aliphatic rings. The van der Waals surface area contributed by atoms with Crippen molar-refractivity contribution in [3.8, 4) is 0 Å². The van der Waals surface area contributed by atoms with Crippen LogP contribution in [0, 0.1) is 11.8 Å². The van der Waals surface area contributed by atoms with Gasteiger partial charge in [-0.2, -0.15) is 4.31 Å². The summed E-state index contributed by atoms with van der Waals surface area (Å²) in [6.07, 6.45) is 6.46. The number of hydrogen-bond acceptors (Lipinski definition) is 4. The minimum absolute atomic E-state index is 0. The largest absolute Gasteiger partial charge is 0.379 e. The average molecular weight is 516 g/mol. The predicted octanol–water partition coefficient (Wildman–Crippen LogP) is 2.04. The highest BCUT2D eigenvalue weighted by Crippen LogP contribution is 2.30. The highest BCUT2D eigenvalue weighted by Gasteiger charge is 2.23. The van der Waals surface area contributed by atoms with Gasteiger partial charge in [-0.15, -0.1) is 24.0 Å². The van der Waals surface area contributed by atoms with Crippen LogP contribution in [0.2, 0.25) is 0 Å². The Morgan fingerprint density at radius 2 is 1.96 bits per heavy atom. The molecule has 1 saturated heterocycles. The van der Waals surface area contributed by atoms with Gasteiger partial charge in [-0.25, -0.2) is 8.42 Å². The minimum atomic E-state index is -3.23. The highest BCUT2D eigenvalue weighted by molar-refractivity contribution is 14.0. The molecule has 0 aromatic rings. The number of nitrogens with one attached hydrogen (secondary N) is 2. The standard InChI is InChI=1S/C18H36N4O3S.HI/c1-3-19-18(20-8-7-17-6-4-5-16(2)15-17)21-9-14-26(23,24)22-10-12-25-13-11-22;/h16-17H,3-15H2,1-2H3,(H2,19,20,21);1H. The summed E-state index contributed by atoms with van der Waals surface area (Å²) in [6.45, 7) is 8.16. The van der Waals surface area contributed by atoms with Crippen molar-refractivity contribution >= 4 is 40.0 Å². The second-order valence-corrected chi connectivity index (χ2v) is 9.53. The number of hydrogen-bond donors (Lipinski definition) is 2. The topological polar surface area (TPSA) is 83.0 Å². The fourth-order valence-corrected chi connectivity index (χ4v) is 5.10. The van der Waals surface area contributed by atoms with E-state index < -0.39 is 10.0 Å². The van der Waals surface area contributed by atoms with E-state index in [1.165, 1.54) is 30.0 Å². The quantitative estimate of drug-likeness (QED) is 0.293. The molecule has 2 N–H and O–H groups in total. The normalized spacial score (nSPS) is 24.9. The number of halogens is 1. The van der Waals surface area contributed by atoms with E-state index in [1.807, 2.05) is 6.92 Å². The van der Waals surface area contributed by atoms with Crippen molar-refractivity contribution in [2.24, 2.45) is 16.8 Å². The molecule has 0 aromatic heterocycles. The molecule has 0 aromatic carbocycles. The Morgan fingerprint density at radius 1 is 1.22 bits per heavy atom. The number of rotatable bonds is 8. The molecule has 7 nitrogen and oxygen atoms in total. The summed E-state index contributed by atoms with van der Waals surface area (Å²) in [5.74, 6) is 2.42. The van der Waals surface area contributed by atoms with Crippen LogP contribution in [-0.2, 0) is 14.8 Å². The monoisotopic (exact) mass is 516 g/mol. The zero-order valence-corrected chi connectivity index (χ0v) is 19.9. The zero-order valence-electron chi connectivity index (χ0n) is 16.8. The molecule has 9 heteroatoms. The molecule has 0 radical (unpaired) electrons. The van der Waals surface area contributed by atoms with Crippen LogP contribution < -0.4 is 10.6 Å². The van der Waals surface area contributed by atoms with E-state index in [9.17, 15) is 8.42 Å². The van der Waals surface area contributed by atoms with E-state index >= 15 is 0 Å². The summed E-state index contributed by atoms with van der Waals surface area (Å²) in [5, 5.41) is 6.37. The van der Waals surface area contributed by atoms with Crippen LogP contribution in [0.25, 0.3) is 0 Å². The molecular formula is C18H37IN4O3S. The van der Waals surface area contributed by atoms with Gasteiger partial charge in [-0.05, 0) is 31.6 Å². The first-order chi connectivity index (χ1) is 12.5. The molecule has 160 valence electrons. The molecule has 1 heterocycles. The van der Waals surface area contributed by atoms with Crippen molar-refractivity contribution in [3.63, 3.8) is 0 Å². The summed E-state index contributed by atoms with van der Waals surface area (Å²) in [5.41, 5.74) is 0. The summed E-state index contributed by atoms with van der Waals surface area (Å²) in [7, 11) is -3.23. The van der Waals surface area contributed by atoms with Gasteiger partial charge in [0.25, 0.3) is 0 Å². The molecule has 27 heavy (non-hydrogen) atoms. The van der Waals surface area contributed by atoms with Crippen molar-refractivity contribution in [1.82, 2.24) is 14.9 Å². The highest BCUT2D eigenvalue weighted by atomic mass is 127. The van der Waals surface area contributed by atoms with Crippen LogP contribution in [0.5, 0.6) is 0 Å². The van der Waals surface area contributed by atoms with E-state index in [2.05, 4.69) is 22.5 Å². The molecule has 1 aliphatic carbocycles. The maximum Gasteiger partial charge on any atom is 0.215 e. The summed E-state index contributed by atoms with van der Waals surface area (Å²) < 4.78 is 31.4. The van der Waals surface area contributed by atoms with Crippen LogP contribution in [0.3, 0.4) is 0 Å². The second kappa shape index (κ2) is 13.2. The van der Waals surface area contributed by atoms with Crippen molar-refractivity contribution < 1.29 is 13.2 Å². The zero-order chi connectivity index (χ0) is 18.8. The third-order valence-corrected chi connectivity index (χ3v) is 7.08. The lowest BCUT2D eigenvalue weighted by Crippen LogP contribution is -2.45. The first-order valence-corrected chi connectivity index (χ1v) is 11.7. The smallest absolute Gasteiger partial charge is 0.215 e. The Kier molecular flexibility index (Phi) is 12.1. The van der Waals surface area contributed by atoms with Gasteiger partial charge in [0, 0.05) is 32.7 Å². The van der Waals surface area contributed by atoms with E-state index in [1.54, 1.807) is 0 Å². The fraction of sp³-hybridized carbons (Fsp3) is 0.944. The van der Waals surface area contributed by atoms with Gasteiger partial charge in [0.15, 0.2) is 5.96 Å². The minimum Gasteiger partial charge on any atom is -0.379 e. The van der Waals surface area contributed by atoms with Gasteiger partial charge in [0.05, 0.1) is 19.0 Å². The molecule has 0 bridgehead atoms. The SMILES string of the molecule is CCNC(=NCCC1CCCC(C)C1)NCCS(=O)(=O)N1CCOCC1.I. The lowest BCUT2D eigenvalue weighted by Gasteiger charge is -2.26. The number of ether oxygens (including phenoxy) is 1. The third kappa shape index (κ3) is 9.27. The number of guanidine groups is 1. The van der Waals surface area contributed by atoms with Gasteiger partial charge in [-0.1, -0.05) is 26.2 Å². The van der Waals surface area contributed by atoms with Gasteiger partial charge >= 0.3 is 0 Å². The Morgan fingerprint density at radius 3 is 2.63 bits per heavy atom. The van der Waals surface area contributed by atoms with Crippen molar-refractivity contribution in [2.75, 3.05) is 51.7 Å². The van der Waals surface area contributed by atoms with Crippen molar-refractivity contribution in [2.45, 2.75) is 46.0 Å². The predicted molar refractivity (Wildman–Crippen MR) is 121 cm³/mol. The van der Waals surface area contributed by atoms with Crippen LogP contribution >= 0.6 is 24.0 Å². The van der Waals surface area contributed by atoms with Gasteiger partial charge in [0.1, 0.15) is 0 Å². The molecule has 2 unspecified atom stereocenters. The van der Waals surface area contributed by atoms with Crippen LogP contribution in [0.15, 0.2) is 4.99 Å². The van der Waals surface area contributed by atoms with Crippen LogP contribution in [-0.4, -0.2) is 70.4 Å². The molecule has 1 saturated carbocycles. The van der Waals surface area contributed by atoms with Gasteiger partial charge in [0.2, 0.25) is 10.0 Å². The maximum absolute atomic E-state index is 12.3. The number of aliphatic imine (C=N–C) groups is 1. The fourth-order valence-electron chi connectivity index (χ4n) is 3.77. The Balaban J connectivity index is 0.00000364. The van der Waals surface area contributed by atoms with E-state index in [-0.39, 0.29) is 29.7 Å². The molecule has 2 atom stereocenters. The molecule has 1 aliphatic heterocycles. The van der Waals surface area contributed by atoms with Crippen molar-refractivity contribution in [1.29, 1.82) is 0 Å². The number of morpholine rings is 1. The molecule has 2 fully saturated rings. The van der Waals surface area contributed by atoms with E-state index in [0.717, 1.165) is 31.3 Å². The van der Waals surface area contributed by atoms with Gasteiger partial charge in [-0.3, -0.25) is 4.99 Å². The maximum atomic E-state index is 12.3. The number of nitrogens with zero attached hydrogens (tertiary/aromatic N) is 2. The second-order valence-electron chi connectivity index (χ2n) is 7.44. The average Bonchev–Trinajstić information content (AvgIpc) is 2.62. The summed E-state index contributed by atoms with van der Waals surface area (Å²) in [4.78, 5) is 4.63. The van der Waals surface area contributed by atoms with Crippen LogP contribution in [0.1, 0.15) is 46.0 Å². The third-order valence-electron chi connectivity index (χ3n) is 5.21. The van der Waals surface area contributed by atoms with E-state index in [4.69, 9.17) is 4.74 Å². The van der Waals surface area contributed by atoms with E-state index in [0.29, 0.717) is 38.8 Å². The number of sulfonamides is 1. The Labute approximate surface area is 182 Å². The van der Waals surface area contributed by atoms with Gasteiger partial charge < -0.3 is 15.4 Å². The Bertz CT molecular complexity index is 539. The summed E-state index contributed by atoms with van der Waals surface area (Å²) in [6, 6.07) is 0. The van der Waals surface area contributed by atoms with Crippen LogP contribution in [0.4, 0.5) is 0 Å². The molecule has 0 amide bonds. The molecule has 2 rings (SSSR count). The lowest BCUT2D eigenvalue weighted by atomic mass is 9.81. The first kappa shape index (κ1) is 24.9. The Hall–Kier alpha value is -0.130. The molecule has 0 spiro atoms. The lowest BCUT2D eigenvalue weighted by molar-refractivity contribution is 0.0730. The first-order valence-electron chi connectivity index (χ1n) is 10.1.